The average molecular weight is 455 g/mol. The van der Waals surface area contributed by atoms with Crippen LogP contribution < -0.4 is 15.6 Å². The van der Waals surface area contributed by atoms with Crippen LogP contribution in [0.1, 0.15) is 12.5 Å². The molecule has 0 atom stereocenters. The van der Waals surface area contributed by atoms with E-state index in [1.165, 1.54) is 23.9 Å². The van der Waals surface area contributed by atoms with Gasteiger partial charge in [-0.3, -0.25) is 14.2 Å². The van der Waals surface area contributed by atoms with Crippen LogP contribution in [0.3, 0.4) is 0 Å². The van der Waals surface area contributed by atoms with Gasteiger partial charge in [0.1, 0.15) is 22.6 Å². The van der Waals surface area contributed by atoms with Crippen molar-refractivity contribution in [2.45, 2.75) is 25.2 Å². The minimum absolute atomic E-state index is 0.104. The van der Waals surface area contributed by atoms with Gasteiger partial charge in [-0.25, -0.2) is 9.37 Å². The lowest BCUT2D eigenvalue weighted by Crippen LogP contribution is -2.27. The number of hydrogen-bond acceptors (Lipinski definition) is 5. The van der Waals surface area contributed by atoms with Crippen LogP contribution in [0.2, 0.25) is 0 Å². The molecule has 0 bridgehead atoms. The highest BCUT2D eigenvalue weighted by atomic mass is 32.2. The number of methoxy groups -OCH3 is 1. The Morgan fingerprint density at radius 2 is 1.97 bits per heavy atom. The van der Waals surface area contributed by atoms with Gasteiger partial charge >= 0.3 is 0 Å². The van der Waals surface area contributed by atoms with E-state index in [1.807, 2.05) is 36.7 Å². The van der Waals surface area contributed by atoms with Crippen molar-refractivity contribution in [2.24, 2.45) is 7.05 Å². The molecule has 0 aliphatic rings. The smallest absolute Gasteiger partial charge is 0.278 e. The van der Waals surface area contributed by atoms with Crippen LogP contribution in [0, 0.1) is 5.82 Å². The predicted octanol–water partition coefficient (Wildman–Crippen LogP) is 3.46. The molecule has 1 N–H and O–H groups in total. The molecule has 0 unspecified atom stereocenters. The lowest BCUT2D eigenvalue weighted by molar-refractivity contribution is -0.118. The molecule has 0 saturated carbocycles. The first-order valence-electron chi connectivity index (χ1n) is 10.1. The fourth-order valence-corrected chi connectivity index (χ4v) is 4.52. The van der Waals surface area contributed by atoms with Crippen molar-refractivity contribution in [1.29, 1.82) is 0 Å². The molecule has 0 aliphatic heterocycles. The van der Waals surface area contributed by atoms with Crippen molar-refractivity contribution in [1.82, 2.24) is 19.4 Å². The summed E-state index contributed by atoms with van der Waals surface area (Å²) in [6, 6.07) is 11.6. The maximum Gasteiger partial charge on any atom is 0.278 e. The fraction of sp³-hybridized carbons (Fsp3) is 0.261. The number of carbonyl (C=O) groups excluding carboxylic acids is 1. The predicted molar refractivity (Wildman–Crippen MR) is 124 cm³/mol. The summed E-state index contributed by atoms with van der Waals surface area (Å²) in [7, 11) is 3.44. The summed E-state index contributed by atoms with van der Waals surface area (Å²) in [6.45, 7) is 2.61. The molecule has 0 radical (unpaired) electrons. The molecule has 0 spiro atoms. The molecular weight excluding hydrogens is 431 g/mol. The molecule has 2 heterocycles. The third kappa shape index (κ3) is 4.08. The summed E-state index contributed by atoms with van der Waals surface area (Å²) in [5, 5.41) is 4.12. The van der Waals surface area contributed by atoms with Gasteiger partial charge in [0.05, 0.1) is 18.4 Å². The van der Waals surface area contributed by atoms with Crippen molar-refractivity contribution >= 4 is 39.6 Å². The van der Waals surface area contributed by atoms with Crippen LogP contribution >= 0.6 is 11.8 Å². The maximum atomic E-state index is 13.2. The van der Waals surface area contributed by atoms with E-state index in [-0.39, 0.29) is 23.0 Å². The van der Waals surface area contributed by atoms with Crippen LogP contribution in [0.5, 0.6) is 5.75 Å². The number of hydrogen-bond donors (Lipinski definition) is 1. The van der Waals surface area contributed by atoms with Crippen molar-refractivity contribution in [3.05, 3.63) is 64.2 Å². The van der Waals surface area contributed by atoms with E-state index in [0.29, 0.717) is 35.0 Å². The summed E-state index contributed by atoms with van der Waals surface area (Å²) < 4.78 is 21.8. The fourth-order valence-electron chi connectivity index (χ4n) is 3.63. The van der Waals surface area contributed by atoms with Crippen molar-refractivity contribution in [3.8, 4) is 5.75 Å². The van der Waals surface area contributed by atoms with Gasteiger partial charge in [0.2, 0.25) is 5.91 Å². The topological polar surface area (TPSA) is 78.2 Å². The number of benzene rings is 2. The summed E-state index contributed by atoms with van der Waals surface area (Å²) in [5.41, 5.74) is 2.64. The summed E-state index contributed by atoms with van der Waals surface area (Å²) >= 11 is 1.21. The Labute approximate surface area is 188 Å². The minimum Gasteiger partial charge on any atom is -0.497 e. The van der Waals surface area contributed by atoms with Crippen LogP contribution in [0.15, 0.2) is 52.4 Å². The molecule has 7 nitrogen and oxygen atoms in total. The number of nitrogens with zero attached hydrogens (tertiary/aromatic N) is 3. The third-order valence-corrected chi connectivity index (χ3v) is 6.29. The second-order valence-electron chi connectivity index (χ2n) is 7.27. The lowest BCUT2D eigenvalue weighted by Gasteiger charge is -2.11. The molecule has 2 aromatic carbocycles. The SMILES string of the molecule is CCn1c(SCC(=O)NCc2ccc(F)cc2)nc2c3cc(OC)ccc3n(C)c2c1=O. The Bertz CT molecular complexity index is 1360. The number of carbonyl (C=O) groups is 1. The monoisotopic (exact) mass is 454 g/mol. The van der Waals surface area contributed by atoms with Gasteiger partial charge in [0.15, 0.2) is 5.16 Å². The molecule has 4 rings (SSSR count). The minimum atomic E-state index is -0.319. The number of rotatable bonds is 7. The molecule has 9 heteroatoms. The van der Waals surface area contributed by atoms with Crippen molar-refractivity contribution in [2.75, 3.05) is 12.9 Å². The van der Waals surface area contributed by atoms with Crippen LogP contribution in [0.25, 0.3) is 21.9 Å². The largest absolute Gasteiger partial charge is 0.497 e. The van der Waals surface area contributed by atoms with Gasteiger partial charge in [-0.2, -0.15) is 0 Å². The zero-order chi connectivity index (χ0) is 22.8. The zero-order valence-corrected chi connectivity index (χ0v) is 18.8. The summed E-state index contributed by atoms with van der Waals surface area (Å²) in [4.78, 5) is 30.4. The molecule has 4 aromatic rings. The molecule has 166 valence electrons. The van der Waals surface area contributed by atoms with Crippen LogP contribution in [-0.4, -0.2) is 32.9 Å². The first kappa shape index (κ1) is 21.9. The number of thioether (sulfide) groups is 1. The van der Waals surface area contributed by atoms with Gasteiger partial charge in [-0.15, -0.1) is 0 Å². The van der Waals surface area contributed by atoms with Gasteiger partial charge in [0.25, 0.3) is 5.56 Å². The van der Waals surface area contributed by atoms with Gasteiger partial charge in [-0.05, 0) is 42.8 Å². The number of fused-ring (bicyclic) bond motifs is 3. The first-order valence-corrected chi connectivity index (χ1v) is 11.1. The third-order valence-electron chi connectivity index (χ3n) is 5.32. The summed E-state index contributed by atoms with van der Waals surface area (Å²) in [5.74, 6) is 0.269. The van der Waals surface area contributed by atoms with E-state index in [0.717, 1.165) is 16.5 Å². The number of ether oxygens (including phenoxy) is 1. The van der Waals surface area contributed by atoms with Crippen LogP contribution in [-0.2, 0) is 24.9 Å². The number of amides is 1. The number of halogens is 1. The second-order valence-corrected chi connectivity index (χ2v) is 8.22. The second kappa shape index (κ2) is 9.04. The molecule has 0 fully saturated rings. The number of nitrogens with one attached hydrogen (secondary N) is 1. The molecule has 1 amide bonds. The zero-order valence-electron chi connectivity index (χ0n) is 18.0. The maximum absolute atomic E-state index is 13.2. The Morgan fingerprint density at radius 1 is 1.22 bits per heavy atom. The normalized spacial score (nSPS) is 11.2. The van der Waals surface area contributed by atoms with E-state index in [4.69, 9.17) is 9.72 Å². The molecule has 0 aliphatic carbocycles. The molecule has 0 saturated heterocycles. The quantitative estimate of drug-likeness (QED) is 0.342. The lowest BCUT2D eigenvalue weighted by atomic mass is 10.2. The summed E-state index contributed by atoms with van der Waals surface area (Å²) in [6.07, 6.45) is 0. The van der Waals surface area contributed by atoms with Gasteiger partial charge in [0, 0.05) is 25.5 Å². The molecule has 32 heavy (non-hydrogen) atoms. The first-order chi connectivity index (χ1) is 15.4. The molecular formula is C23H23FN4O3S. The molecule has 2 aromatic heterocycles. The van der Waals surface area contributed by atoms with E-state index < -0.39 is 0 Å². The Hall–Kier alpha value is -3.33. The number of aryl methyl sites for hydroxylation is 1. The standard InChI is InChI=1S/C23H23FN4O3S/c1-4-28-22(30)21-20(17-11-16(31-3)9-10-18(17)27(21)2)26-23(28)32-13-19(29)25-12-14-5-7-15(24)8-6-14/h5-11H,4,12-13H2,1-3H3,(H,25,29). The van der Waals surface area contributed by atoms with Gasteiger partial charge < -0.3 is 14.6 Å². The van der Waals surface area contributed by atoms with E-state index in [1.54, 1.807) is 23.8 Å². The Morgan fingerprint density at radius 3 is 2.66 bits per heavy atom. The number of aromatic nitrogens is 3. The van der Waals surface area contributed by atoms with E-state index in [9.17, 15) is 14.0 Å². The van der Waals surface area contributed by atoms with E-state index in [2.05, 4.69) is 5.32 Å². The van der Waals surface area contributed by atoms with Crippen LogP contribution in [0.4, 0.5) is 4.39 Å². The van der Waals surface area contributed by atoms with Gasteiger partial charge in [-0.1, -0.05) is 23.9 Å². The highest BCUT2D eigenvalue weighted by Crippen LogP contribution is 2.29. The Balaban J connectivity index is 1.61. The average Bonchev–Trinajstić information content (AvgIpc) is 3.08. The van der Waals surface area contributed by atoms with Crippen molar-refractivity contribution in [3.63, 3.8) is 0 Å². The van der Waals surface area contributed by atoms with Crippen molar-refractivity contribution < 1.29 is 13.9 Å². The van der Waals surface area contributed by atoms with E-state index >= 15 is 0 Å². The highest BCUT2D eigenvalue weighted by Gasteiger charge is 2.19. The Kier molecular flexibility index (Phi) is 6.18. The highest BCUT2D eigenvalue weighted by molar-refractivity contribution is 7.99.